The molecule has 172 valence electrons. The highest BCUT2D eigenvalue weighted by Gasteiger charge is 2.54. The second kappa shape index (κ2) is 9.45. The molecule has 2 aromatic rings. The summed E-state index contributed by atoms with van der Waals surface area (Å²) in [6, 6.07) is 8.66. The number of fused-ring (bicyclic) bond motifs is 1. The Balaban J connectivity index is 1.36. The van der Waals surface area contributed by atoms with Crippen molar-refractivity contribution in [2.45, 2.75) is 31.2 Å². The first-order valence-electron chi connectivity index (χ1n) is 10.0. The average Bonchev–Trinajstić information content (AvgIpc) is 3.22. The van der Waals surface area contributed by atoms with Crippen molar-refractivity contribution in [2.75, 3.05) is 12.4 Å². The number of carbonyl (C=O) groups is 4. The molecule has 2 atom stereocenters. The highest BCUT2D eigenvalue weighted by Crippen LogP contribution is 2.40. The third-order valence-corrected chi connectivity index (χ3v) is 6.38. The molecule has 2 amide bonds. The number of hydrogen-bond donors (Lipinski definition) is 2. The van der Waals surface area contributed by atoms with Gasteiger partial charge in [0.15, 0.2) is 5.82 Å². The van der Waals surface area contributed by atoms with E-state index < -0.39 is 35.2 Å². The molecule has 4 rings (SSSR count). The van der Waals surface area contributed by atoms with Gasteiger partial charge in [0.2, 0.25) is 11.8 Å². The number of thioether (sulfide) groups is 1. The number of carboxylic acids is 1. The van der Waals surface area contributed by atoms with Crippen LogP contribution in [0.3, 0.4) is 0 Å². The predicted octanol–water partition coefficient (Wildman–Crippen LogP) is 0.505. The number of nitrogens with zero attached hydrogens (tertiary/aromatic N) is 3. The molecule has 2 aliphatic rings. The van der Waals surface area contributed by atoms with Crippen molar-refractivity contribution in [3.8, 4) is 0 Å². The fourth-order valence-electron chi connectivity index (χ4n) is 3.56. The van der Waals surface area contributed by atoms with Crippen LogP contribution in [0.15, 0.2) is 46.1 Å². The lowest BCUT2D eigenvalue weighted by Gasteiger charge is -2.49. The van der Waals surface area contributed by atoms with Crippen LogP contribution in [0.1, 0.15) is 24.2 Å². The Bertz CT molecular complexity index is 1130. The van der Waals surface area contributed by atoms with E-state index in [0.29, 0.717) is 17.9 Å². The monoisotopic (exact) mass is 472 g/mol. The lowest BCUT2D eigenvalue weighted by Crippen LogP contribution is -2.70. The number of hydrogen-bond acceptors (Lipinski definition) is 9. The fraction of sp³-hybridized carbons (Fsp3) is 0.333. The van der Waals surface area contributed by atoms with Crippen molar-refractivity contribution in [3.05, 3.63) is 58.9 Å². The van der Waals surface area contributed by atoms with Gasteiger partial charge in [-0.2, -0.15) is 4.98 Å². The molecule has 3 heterocycles. The first kappa shape index (κ1) is 22.5. The molecular weight excluding hydrogens is 452 g/mol. The van der Waals surface area contributed by atoms with E-state index in [1.165, 1.54) is 18.7 Å². The summed E-state index contributed by atoms with van der Waals surface area (Å²) in [5.41, 5.74) is 1.11. The van der Waals surface area contributed by atoms with Crippen LogP contribution in [0.4, 0.5) is 0 Å². The number of benzene rings is 1. The van der Waals surface area contributed by atoms with E-state index in [9.17, 15) is 24.3 Å². The Morgan fingerprint density at radius 3 is 2.76 bits per heavy atom. The van der Waals surface area contributed by atoms with Crippen molar-refractivity contribution >= 4 is 35.5 Å². The number of ether oxygens (including phenoxy) is 1. The van der Waals surface area contributed by atoms with Crippen molar-refractivity contribution in [1.82, 2.24) is 20.4 Å². The van der Waals surface area contributed by atoms with Gasteiger partial charge in [-0.25, -0.2) is 4.79 Å². The van der Waals surface area contributed by atoms with Crippen LogP contribution in [-0.2, 0) is 36.8 Å². The summed E-state index contributed by atoms with van der Waals surface area (Å²) in [6.07, 6.45) is 0.253. The average molecular weight is 472 g/mol. The summed E-state index contributed by atoms with van der Waals surface area (Å²) in [6.45, 7) is 1.01. The van der Waals surface area contributed by atoms with Crippen molar-refractivity contribution in [1.29, 1.82) is 0 Å². The van der Waals surface area contributed by atoms with E-state index >= 15 is 0 Å². The van der Waals surface area contributed by atoms with Gasteiger partial charge in [-0.05, 0) is 5.56 Å². The zero-order valence-corrected chi connectivity index (χ0v) is 18.3. The third-order valence-electron chi connectivity index (χ3n) is 5.04. The summed E-state index contributed by atoms with van der Waals surface area (Å²) in [5, 5.41) is 15.4. The molecule has 33 heavy (non-hydrogen) atoms. The molecule has 0 saturated carbocycles. The smallest absolute Gasteiger partial charge is 0.352 e. The van der Waals surface area contributed by atoms with E-state index in [1.807, 2.05) is 30.3 Å². The largest absolute Gasteiger partial charge is 0.477 e. The van der Waals surface area contributed by atoms with Crippen LogP contribution < -0.4 is 5.32 Å². The van der Waals surface area contributed by atoms with Gasteiger partial charge in [-0.3, -0.25) is 19.3 Å². The summed E-state index contributed by atoms with van der Waals surface area (Å²) in [7, 11) is 0. The van der Waals surface area contributed by atoms with E-state index in [1.54, 1.807) is 0 Å². The number of amides is 2. The molecule has 12 heteroatoms. The zero-order chi connectivity index (χ0) is 23.5. The number of aliphatic carboxylic acids is 1. The van der Waals surface area contributed by atoms with Gasteiger partial charge >= 0.3 is 11.9 Å². The van der Waals surface area contributed by atoms with Crippen molar-refractivity contribution in [3.63, 3.8) is 0 Å². The van der Waals surface area contributed by atoms with Crippen molar-refractivity contribution < 1.29 is 33.5 Å². The van der Waals surface area contributed by atoms with Crippen LogP contribution in [0.25, 0.3) is 0 Å². The summed E-state index contributed by atoms with van der Waals surface area (Å²) < 4.78 is 10.1. The first-order chi connectivity index (χ1) is 15.8. The second-order valence-electron chi connectivity index (χ2n) is 7.44. The molecule has 2 aliphatic heterocycles. The maximum Gasteiger partial charge on any atom is 0.352 e. The number of carbonyl (C=O) groups excluding carboxylic acids is 3. The highest BCUT2D eigenvalue weighted by atomic mass is 32.2. The molecule has 0 radical (unpaired) electrons. The van der Waals surface area contributed by atoms with Gasteiger partial charge in [-0.1, -0.05) is 35.5 Å². The van der Waals surface area contributed by atoms with E-state index in [4.69, 9.17) is 9.26 Å². The topological polar surface area (TPSA) is 152 Å². The van der Waals surface area contributed by atoms with Gasteiger partial charge in [0, 0.05) is 18.2 Å². The number of esters is 1. The zero-order valence-electron chi connectivity index (χ0n) is 17.5. The fourth-order valence-corrected chi connectivity index (χ4v) is 4.88. The Labute approximate surface area is 192 Å². The van der Waals surface area contributed by atoms with E-state index in [2.05, 4.69) is 15.5 Å². The molecule has 1 aromatic heterocycles. The first-order valence-corrected chi connectivity index (χ1v) is 11.1. The molecule has 11 nitrogen and oxygen atoms in total. The number of rotatable bonds is 8. The van der Waals surface area contributed by atoms with Gasteiger partial charge in [0.1, 0.15) is 23.7 Å². The highest BCUT2D eigenvalue weighted by molar-refractivity contribution is 8.00. The lowest BCUT2D eigenvalue weighted by molar-refractivity contribution is -0.151. The standard InChI is InChI=1S/C21H20N4O7S/c1-11(26)31-9-13-10-33-20-17(19(28)25(20)18(13)21(29)30)23-15(27)8-14-22-16(32-24-14)7-12-5-3-2-4-6-12/h2-6,17,20H,7-10H2,1H3,(H,23,27)(H,29,30)/t17?,20-/m1/s1. The maximum absolute atomic E-state index is 12.6. The number of aromatic nitrogens is 2. The van der Waals surface area contributed by atoms with Crippen LogP contribution >= 0.6 is 11.8 Å². The Hall–Kier alpha value is -3.67. The molecule has 1 fully saturated rings. The van der Waals surface area contributed by atoms with Crippen LogP contribution in [-0.4, -0.2) is 67.7 Å². The Kier molecular flexibility index (Phi) is 6.45. The van der Waals surface area contributed by atoms with Crippen molar-refractivity contribution in [2.24, 2.45) is 0 Å². The molecule has 2 N–H and O–H groups in total. The summed E-state index contributed by atoms with van der Waals surface area (Å²) in [4.78, 5) is 53.2. The molecule has 1 saturated heterocycles. The van der Waals surface area contributed by atoms with E-state index in [0.717, 1.165) is 10.5 Å². The SMILES string of the molecule is CC(=O)OCC1=C(C(=O)O)N2C(=O)C(NC(=O)Cc3noc(Cc4ccccc4)n3)[C@H]2SC1. The van der Waals surface area contributed by atoms with E-state index in [-0.39, 0.29) is 30.3 Å². The summed E-state index contributed by atoms with van der Waals surface area (Å²) >= 11 is 1.29. The Morgan fingerprint density at radius 1 is 1.30 bits per heavy atom. The quantitative estimate of drug-likeness (QED) is 0.410. The minimum atomic E-state index is -1.29. The lowest BCUT2D eigenvalue weighted by atomic mass is 10.0. The van der Waals surface area contributed by atoms with Crippen LogP contribution in [0, 0.1) is 0 Å². The van der Waals surface area contributed by atoms with Crippen LogP contribution in [0.5, 0.6) is 0 Å². The number of β-lactam (4-membered cyclic amide) rings is 1. The third kappa shape index (κ3) is 4.90. The molecule has 0 aliphatic carbocycles. The minimum absolute atomic E-state index is 0.182. The Morgan fingerprint density at radius 2 is 2.06 bits per heavy atom. The predicted molar refractivity (Wildman–Crippen MR) is 114 cm³/mol. The van der Waals surface area contributed by atoms with Gasteiger partial charge in [0.05, 0.1) is 12.8 Å². The number of nitrogens with one attached hydrogen (secondary N) is 1. The second-order valence-corrected chi connectivity index (χ2v) is 8.54. The normalized spacial score (nSPS) is 19.5. The van der Waals surface area contributed by atoms with Gasteiger partial charge in [-0.15, -0.1) is 11.8 Å². The van der Waals surface area contributed by atoms with Gasteiger partial charge in [0.25, 0.3) is 5.91 Å². The molecule has 1 aromatic carbocycles. The maximum atomic E-state index is 12.6. The van der Waals surface area contributed by atoms with Gasteiger partial charge < -0.3 is 19.7 Å². The number of carboxylic acid groups (broad SMARTS) is 1. The molecular formula is C21H20N4O7S. The molecule has 1 unspecified atom stereocenters. The summed E-state index contributed by atoms with van der Waals surface area (Å²) in [5.74, 6) is -2.05. The van der Waals surface area contributed by atoms with Crippen LogP contribution in [0.2, 0.25) is 0 Å². The molecule has 0 spiro atoms. The minimum Gasteiger partial charge on any atom is -0.477 e. The molecule has 0 bridgehead atoms.